The summed E-state index contributed by atoms with van der Waals surface area (Å²) in [4.78, 5) is 30.5. The quantitative estimate of drug-likeness (QED) is 0.905. The first-order valence-corrected chi connectivity index (χ1v) is 6.95. The lowest BCUT2D eigenvalue weighted by molar-refractivity contribution is -0.139. The van der Waals surface area contributed by atoms with Gasteiger partial charge in [0.15, 0.2) is 0 Å². The Hall–Kier alpha value is -2.11. The minimum Gasteiger partial charge on any atom is -0.481 e. The monoisotopic (exact) mass is 291 g/mol. The molecule has 0 aliphatic carbocycles. The number of aromatic nitrogens is 1. The molecule has 1 aromatic heterocycles. The Morgan fingerprint density at radius 2 is 2.14 bits per heavy atom. The van der Waals surface area contributed by atoms with E-state index in [1.165, 1.54) is 0 Å². The standard InChI is InChI=1S/C15H21N3O3/c1-10-8-12(19)17-15(2,3)14(20)18(10)9-11-6-5-7-13(16-11)21-4/h5-7,10H,8-9H2,1-4H3,(H,17,19). The lowest BCUT2D eigenvalue weighted by Crippen LogP contribution is -2.53. The van der Waals surface area contributed by atoms with Crippen LogP contribution in [0, 0.1) is 0 Å². The fourth-order valence-corrected chi connectivity index (χ4v) is 2.45. The van der Waals surface area contributed by atoms with Crippen LogP contribution in [0.1, 0.15) is 32.9 Å². The molecule has 1 unspecified atom stereocenters. The van der Waals surface area contributed by atoms with E-state index in [2.05, 4.69) is 10.3 Å². The van der Waals surface area contributed by atoms with Crippen LogP contribution < -0.4 is 10.1 Å². The van der Waals surface area contributed by atoms with Gasteiger partial charge in [-0.2, -0.15) is 0 Å². The molecule has 1 aliphatic heterocycles. The molecule has 6 heteroatoms. The number of methoxy groups -OCH3 is 1. The first-order chi connectivity index (χ1) is 9.83. The molecule has 1 aliphatic rings. The Morgan fingerprint density at radius 3 is 2.81 bits per heavy atom. The molecule has 0 aromatic carbocycles. The number of pyridine rings is 1. The van der Waals surface area contributed by atoms with E-state index in [0.717, 1.165) is 5.69 Å². The topological polar surface area (TPSA) is 71.5 Å². The Morgan fingerprint density at radius 1 is 1.43 bits per heavy atom. The van der Waals surface area contributed by atoms with E-state index < -0.39 is 5.54 Å². The van der Waals surface area contributed by atoms with Gasteiger partial charge in [0.05, 0.1) is 19.3 Å². The van der Waals surface area contributed by atoms with Crippen molar-refractivity contribution in [1.82, 2.24) is 15.2 Å². The van der Waals surface area contributed by atoms with Gasteiger partial charge in [0.25, 0.3) is 0 Å². The van der Waals surface area contributed by atoms with Gasteiger partial charge in [-0.15, -0.1) is 0 Å². The van der Waals surface area contributed by atoms with Gasteiger partial charge in [-0.1, -0.05) is 6.07 Å². The maximum atomic E-state index is 12.6. The first-order valence-electron chi connectivity index (χ1n) is 6.95. The van der Waals surface area contributed by atoms with Gasteiger partial charge in [0.1, 0.15) is 5.54 Å². The minimum atomic E-state index is -0.902. The van der Waals surface area contributed by atoms with E-state index in [-0.39, 0.29) is 17.9 Å². The number of nitrogens with zero attached hydrogens (tertiary/aromatic N) is 2. The number of hydrogen-bond donors (Lipinski definition) is 1. The zero-order valence-electron chi connectivity index (χ0n) is 12.8. The summed E-state index contributed by atoms with van der Waals surface area (Å²) < 4.78 is 5.10. The number of hydrogen-bond acceptors (Lipinski definition) is 4. The van der Waals surface area contributed by atoms with Crippen LogP contribution in [0.5, 0.6) is 5.88 Å². The summed E-state index contributed by atoms with van der Waals surface area (Å²) in [6.45, 7) is 5.67. The van der Waals surface area contributed by atoms with E-state index in [1.807, 2.05) is 19.1 Å². The summed E-state index contributed by atoms with van der Waals surface area (Å²) in [6.07, 6.45) is 0.291. The van der Waals surface area contributed by atoms with Crippen molar-refractivity contribution >= 4 is 11.8 Å². The predicted molar refractivity (Wildman–Crippen MR) is 77.6 cm³/mol. The second-order valence-corrected chi connectivity index (χ2v) is 5.83. The van der Waals surface area contributed by atoms with Crippen LogP contribution in [0.2, 0.25) is 0 Å². The molecule has 1 N–H and O–H groups in total. The highest BCUT2D eigenvalue weighted by Gasteiger charge is 2.39. The molecule has 0 radical (unpaired) electrons. The molecular weight excluding hydrogens is 270 g/mol. The van der Waals surface area contributed by atoms with E-state index in [0.29, 0.717) is 18.8 Å². The van der Waals surface area contributed by atoms with Crippen LogP contribution in [0.25, 0.3) is 0 Å². The number of amides is 2. The maximum Gasteiger partial charge on any atom is 0.248 e. The van der Waals surface area contributed by atoms with Gasteiger partial charge in [0, 0.05) is 18.5 Å². The third-order valence-corrected chi connectivity index (χ3v) is 3.58. The number of rotatable bonds is 3. The third-order valence-electron chi connectivity index (χ3n) is 3.58. The SMILES string of the molecule is COc1cccc(CN2C(=O)C(C)(C)NC(=O)CC2C)n1. The summed E-state index contributed by atoms with van der Waals surface area (Å²) in [5.41, 5.74) is -0.166. The lowest BCUT2D eigenvalue weighted by Gasteiger charge is -2.31. The largest absolute Gasteiger partial charge is 0.481 e. The van der Waals surface area contributed by atoms with Crippen LogP contribution in [0.15, 0.2) is 18.2 Å². The fourth-order valence-electron chi connectivity index (χ4n) is 2.45. The first kappa shape index (κ1) is 15.3. The van der Waals surface area contributed by atoms with Crippen molar-refractivity contribution in [3.05, 3.63) is 23.9 Å². The molecule has 1 aromatic rings. The molecule has 0 spiro atoms. The van der Waals surface area contributed by atoms with Gasteiger partial charge in [-0.3, -0.25) is 9.59 Å². The normalized spacial score (nSPS) is 21.7. The second-order valence-electron chi connectivity index (χ2n) is 5.83. The average molecular weight is 291 g/mol. The number of nitrogens with one attached hydrogen (secondary N) is 1. The number of carbonyl (C=O) groups excluding carboxylic acids is 2. The van der Waals surface area contributed by atoms with Crippen molar-refractivity contribution in [1.29, 1.82) is 0 Å². The van der Waals surface area contributed by atoms with Crippen molar-refractivity contribution in [2.75, 3.05) is 7.11 Å². The summed E-state index contributed by atoms with van der Waals surface area (Å²) in [7, 11) is 1.55. The molecule has 1 fully saturated rings. The molecule has 6 nitrogen and oxygen atoms in total. The molecule has 114 valence electrons. The summed E-state index contributed by atoms with van der Waals surface area (Å²) in [5.74, 6) is 0.295. The minimum absolute atomic E-state index is 0.106. The molecule has 1 atom stereocenters. The zero-order valence-corrected chi connectivity index (χ0v) is 12.8. The second kappa shape index (κ2) is 5.71. The lowest BCUT2D eigenvalue weighted by atomic mass is 10.0. The molecule has 1 saturated heterocycles. The van der Waals surface area contributed by atoms with Crippen molar-refractivity contribution < 1.29 is 14.3 Å². The highest BCUT2D eigenvalue weighted by Crippen LogP contribution is 2.20. The van der Waals surface area contributed by atoms with E-state index >= 15 is 0 Å². The molecule has 0 bridgehead atoms. The Labute approximate surface area is 124 Å². The average Bonchev–Trinajstić information content (AvgIpc) is 2.49. The molecule has 0 saturated carbocycles. The van der Waals surface area contributed by atoms with Crippen molar-refractivity contribution in [2.24, 2.45) is 0 Å². The number of carbonyl (C=O) groups is 2. The van der Waals surface area contributed by atoms with E-state index in [9.17, 15) is 9.59 Å². The molecule has 2 heterocycles. The van der Waals surface area contributed by atoms with Crippen LogP contribution in [-0.4, -0.2) is 40.4 Å². The number of ether oxygens (including phenoxy) is 1. The van der Waals surface area contributed by atoms with Crippen molar-refractivity contribution in [2.45, 2.75) is 45.3 Å². The fraction of sp³-hybridized carbons (Fsp3) is 0.533. The van der Waals surface area contributed by atoms with Gasteiger partial charge in [0.2, 0.25) is 17.7 Å². The molecule has 2 amide bonds. The highest BCUT2D eigenvalue weighted by molar-refractivity contribution is 5.93. The molecular formula is C15H21N3O3. The third kappa shape index (κ3) is 3.32. The van der Waals surface area contributed by atoms with Gasteiger partial charge in [-0.25, -0.2) is 4.98 Å². The summed E-state index contributed by atoms with van der Waals surface area (Å²) in [6, 6.07) is 5.26. The predicted octanol–water partition coefficient (Wildman–Crippen LogP) is 1.11. The van der Waals surface area contributed by atoms with Crippen LogP contribution in [0.4, 0.5) is 0 Å². The van der Waals surface area contributed by atoms with Crippen molar-refractivity contribution in [3.8, 4) is 5.88 Å². The maximum absolute atomic E-state index is 12.6. The van der Waals surface area contributed by atoms with E-state index in [4.69, 9.17) is 4.74 Å². The highest BCUT2D eigenvalue weighted by atomic mass is 16.5. The van der Waals surface area contributed by atoms with Crippen LogP contribution in [-0.2, 0) is 16.1 Å². The van der Waals surface area contributed by atoms with Gasteiger partial charge >= 0.3 is 0 Å². The Bertz CT molecular complexity index is 557. The Kier molecular flexibility index (Phi) is 4.16. The zero-order chi connectivity index (χ0) is 15.6. The van der Waals surface area contributed by atoms with Crippen LogP contribution in [0.3, 0.4) is 0 Å². The Balaban J connectivity index is 2.26. The smallest absolute Gasteiger partial charge is 0.248 e. The van der Waals surface area contributed by atoms with E-state index in [1.54, 1.807) is 31.9 Å². The summed E-state index contributed by atoms with van der Waals surface area (Å²) in [5, 5.41) is 2.76. The van der Waals surface area contributed by atoms with Crippen molar-refractivity contribution in [3.63, 3.8) is 0 Å². The van der Waals surface area contributed by atoms with Gasteiger partial charge < -0.3 is 15.0 Å². The molecule has 21 heavy (non-hydrogen) atoms. The molecule has 2 rings (SSSR count). The van der Waals surface area contributed by atoms with Crippen LogP contribution >= 0.6 is 0 Å². The van der Waals surface area contributed by atoms with Gasteiger partial charge in [-0.05, 0) is 26.8 Å². The summed E-state index contributed by atoms with van der Waals surface area (Å²) >= 11 is 0.